The van der Waals surface area contributed by atoms with Crippen LogP contribution in [0.1, 0.15) is 58.8 Å². The van der Waals surface area contributed by atoms with Crippen LogP contribution in [0.5, 0.6) is 0 Å². The van der Waals surface area contributed by atoms with Crippen LogP contribution in [0.4, 0.5) is 0 Å². The Morgan fingerprint density at radius 1 is 1.28 bits per heavy atom. The lowest BCUT2D eigenvalue weighted by Crippen LogP contribution is -2.55. The van der Waals surface area contributed by atoms with Crippen LogP contribution in [-0.4, -0.2) is 27.9 Å². The van der Waals surface area contributed by atoms with Crippen molar-refractivity contribution in [1.82, 2.24) is 0 Å². The third-order valence-electron chi connectivity index (χ3n) is 8.13. The lowest BCUT2D eigenvalue weighted by atomic mass is 9.46. The van der Waals surface area contributed by atoms with E-state index < -0.39 is 0 Å². The van der Waals surface area contributed by atoms with Crippen LogP contribution in [0.2, 0.25) is 0 Å². The molecule has 0 aliphatic heterocycles. The fraction of sp³-hybridized carbons (Fsp3) is 0.810. The van der Waals surface area contributed by atoms with Crippen LogP contribution >= 0.6 is 11.8 Å². The van der Waals surface area contributed by atoms with Crippen molar-refractivity contribution in [2.75, 3.05) is 5.75 Å². The Bertz CT molecular complexity index is 614. The number of fused-ring (bicyclic) bond motifs is 5. The summed E-state index contributed by atoms with van der Waals surface area (Å²) in [7, 11) is 0. The number of rotatable bonds is 2. The first-order valence-corrected chi connectivity index (χ1v) is 10.9. The highest BCUT2D eigenvalue weighted by atomic mass is 32.2. The number of ketones is 1. The average molecular weight is 363 g/mol. The van der Waals surface area contributed by atoms with Crippen molar-refractivity contribution in [3.8, 4) is 0 Å². The molecule has 4 aliphatic carbocycles. The van der Waals surface area contributed by atoms with Crippen molar-refractivity contribution in [2.45, 2.75) is 64.9 Å². The molecule has 0 amide bonds. The summed E-state index contributed by atoms with van der Waals surface area (Å²) in [4.78, 5) is 24.2. The molecule has 138 valence electrons. The van der Waals surface area contributed by atoms with Gasteiger partial charge < -0.3 is 5.11 Å². The van der Waals surface area contributed by atoms with Gasteiger partial charge in [0.2, 0.25) is 0 Å². The topological polar surface area (TPSA) is 54.4 Å². The van der Waals surface area contributed by atoms with Crippen molar-refractivity contribution in [3.63, 3.8) is 0 Å². The maximum Gasteiger partial charge on any atom is 0.185 e. The zero-order chi connectivity index (χ0) is 17.8. The molecule has 0 radical (unpaired) electrons. The SMILES string of the molecule is CC(=O)SC[C@]12C=CC(O)CC1CC[C@@H]1[C@H]2CC[C@]2(C)C(=O)CC[C@@H]12. The Morgan fingerprint density at radius 3 is 2.84 bits per heavy atom. The van der Waals surface area contributed by atoms with Crippen molar-refractivity contribution in [3.05, 3.63) is 12.2 Å². The Balaban J connectivity index is 1.69. The number of carbonyl (C=O) groups is 2. The molecule has 3 fully saturated rings. The van der Waals surface area contributed by atoms with E-state index >= 15 is 0 Å². The van der Waals surface area contributed by atoms with Crippen LogP contribution in [0.25, 0.3) is 0 Å². The van der Waals surface area contributed by atoms with Gasteiger partial charge in [0, 0.05) is 29.9 Å². The Morgan fingerprint density at radius 2 is 2.08 bits per heavy atom. The largest absolute Gasteiger partial charge is 0.389 e. The molecule has 2 unspecified atom stereocenters. The molecule has 0 spiro atoms. The smallest absolute Gasteiger partial charge is 0.185 e. The minimum Gasteiger partial charge on any atom is -0.389 e. The highest BCUT2D eigenvalue weighted by Gasteiger charge is 2.60. The van der Waals surface area contributed by atoms with Crippen molar-refractivity contribution in [1.29, 1.82) is 0 Å². The standard InChI is InChI=1S/C21H30O3S/c1-13(22)25-12-21-10-7-15(23)11-14(21)3-4-16-17-5-6-19(24)20(17,2)9-8-18(16)21/h7,10,14-18,23H,3-6,8-9,11-12H2,1-2H3/t14?,15?,16-,17-,18+,20-,21+/m0/s1. The Hall–Kier alpha value is -0.610. The van der Waals surface area contributed by atoms with Crippen LogP contribution in [-0.2, 0) is 9.59 Å². The fourth-order valence-corrected chi connectivity index (χ4v) is 7.85. The Labute approximate surface area is 155 Å². The van der Waals surface area contributed by atoms with E-state index in [1.165, 1.54) is 18.2 Å². The van der Waals surface area contributed by atoms with Gasteiger partial charge >= 0.3 is 0 Å². The average Bonchev–Trinajstić information content (AvgIpc) is 2.88. The van der Waals surface area contributed by atoms with Gasteiger partial charge in [-0.2, -0.15) is 0 Å². The van der Waals surface area contributed by atoms with Gasteiger partial charge in [-0.1, -0.05) is 30.8 Å². The third kappa shape index (κ3) is 2.66. The molecule has 4 rings (SSSR count). The highest BCUT2D eigenvalue weighted by Crippen LogP contribution is 2.65. The van der Waals surface area contributed by atoms with Gasteiger partial charge in [-0.3, -0.25) is 9.59 Å². The summed E-state index contributed by atoms with van der Waals surface area (Å²) in [6.45, 7) is 3.87. The van der Waals surface area contributed by atoms with Gasteiger partial charge in [0.15, 0.2) is 5.12 Å². The molecule has 1 N–H and O–H groups in total. The first kappa shape index (κ1) is 17.8. The fourth-order valence-electron chi connectivity index (χ4n) is 6.85. The first-order chi connectivity index (χ1) is 11.9. The van der Waals surface area contributed by atoms with E-state index in [0.717, 1.165) is 44.3 Å². The van der Waals surface area contributed by atoms with E-state index in [1.54, 1.807) is 6.92 Å². The third-order valence-corrected chi connectivity index (χ3v) is 9.18. The molecule has 4 aliphatic rings. The summed E-state index contributed by atoms with van der Waals surface area (Å²) in [6, 6.07) is 0. The molecule has 0 aromatic rings. The van der Waals surface area contributed by atoms with Crippen molar-refractivity contribution >= 4 is 22.7 Å². The predicted octanol–water partition coefficient (Wildman–Crippen LogP) is 3.99. The first-order valence-electron chi connectivity index (χ1n) is 9.91. The maximum absolute atomic E-state index is 12.5. The normalized spacial score (nSPS) is 48.6. The maximum atomic E-state index is 12.5. The molecule has 0 saturated heterocycles. The molecular weight excluding hydrogens is 332 g/mol. The summed E-state index contributed by atoms with van der Waals surface area (Å²) in [5.74, 6) is 3.50. The monoisotopic (exact) mass is 362 g/mol. The molecule has 0 heterocycles. The van der Waals surface area contributed by atoms with E-state index in [4.69, 9.17) is 0 Å². The van der Waals surface area contributed by atoms with E-state index in [0.29, 0.717) is 29.5 Å². The number of allylic oxidation sites excluding steroid dienone is 1. The van der Waals surface area contributed by atoms with Crippen LogP contribution in [0, 0.1) is 34.5 Å². The second-order valence-electron chi connectivity index (χ2n) is 9.12. The second-order valence-corrected chi connectivity index (χ2v) is 10.3. The van der Waals surface area contributed by atoms with E-state index in [2.05, 4.69) is 13.0 Å². The number of aliphatic hydroxyl groups is 1. The number of hydrogen-bond donors (Lipinski definition) is 1. The van der Waals surface area contributed by atoms with Crippen LogP contribution in [0.15, 0.2) is 12.2 Å². The van der Waals surface area contributed by atoms with Crippen molar-refractivity contribution in [2.24, 2.45) is 34.5 Å². The van der Waals surface area contributed by atoms with Crippen LogP contribution in [0.3, 0.4) is 0 Å². The molecule has 0 bridgehead atoms. The summed E-state index contributed by atoms with van der Waals surface area (Å²) >= 11 is 1.46. The van der Waals surface area contributed by atoms with Gasteiger partial charge in [-0.25, -0.2) is 0 Å². The van der Waals surface area contributed by atoms with E-state index in [-0.39, 0.29) is 22.0 Å². The molecule has 3 saturated carbocycles. The van der Waals surface area contributed by atoms with E-state index in [1.807, 2.05) is 6.08 Å². The van der Waals surface area contributed by atoms with Gasteiger partial charge in [-0.05, 0) is 62.2 Å². The predicted molar refractivity (Wildman–Crippen MR) is 100 cm³/mol. The lowest BCUT2D eigenvalue weighted by molar-refractivity contribution is -0.134. The van der Waals surface area contributed by atoms with Gasteiger partial charge in [-0.15, -0.1) is 0 Å². The van der Waals surface area contributed by atoms with E-state index in [9.17, 15) is 14.7 Å². The number of Topliss-reactive ketones (excluding diaryl/α,β-unsaturated/α-hetero) is 1. The summed E-state index contributed by atoms with van der Waals surface area (Å²) in [5.41, 5.74) is -0.0632. The minimum atomic E-state index is -0.334. The number of thioether (sulfide) groups is 1. The zero-order valence-electron chi connectivity index (χ0n) is 15.4. The highest BCUT2D eigenvalue weighted by molar-refractivity contribution is 8.13. The summed E-state index contributed by atoms with van der Waals surface area (Å²) in [5, 5.41) is 10.3. The quantitative estimate of drug-likeness (QED) is 0.755. The molecule has 4 heteroatoms. The van der Waals surface area contributed by atoms with Crippen molar-refractivity contribution < 1.29 is 14.7 Å². The lowest BCUT2D eigenvalue weighted by Gasteiger charge is -2.59. The number of aliphatic hydroxyl groups excluding tert-OH is 1. The number of carbonyl (C=O) groups excluding carboxylic acids is 2. The van der Waals surface area contributed by atoms with Gasteiger partial charge in [0.25, 0.3) is 0 Å². The second kappa shape index (κ2) is 6.23. The molecule has 0 aromatic heterocycles. The van der Waals surface area contributed by atoms with Crippen LogP contribution < -0.4 is 0 Å². The summed E-state index contributed by atoms with van der Waals surface area (Å²) in [6.07, 6.45) is 11.0. The molecule has 25 heavy (non-hydrogen) atoms. The molecule has 3 nitrogen and oxygen atoms in total. The van der Waals surface area contributed by atoms with Gasteiger partial charge in [0.05, 0.1) is 6.10 Å². The van der Waals surface area contributed by atoms with Gasteiger partial charge in [0.1, 0.15) is 5.78 Å². The Kier molecular flexibility index (Phi) is 4.43. The minimum absolute atomic E-state index is 0.0332. The number of hydrogen-bond acceptors (Lipinski definition) is 4. The molecule has 0 aromatic carbocycles. The zero-order valence-corrected chi connectivity index (χ0v) is 16.2. The molecule has 7 atom stereocenters. The molecular formula is C21H30O3S. The summed E-state index contributed by atoms with van der Waals surface area (Å²) < 4.78 is 0.